The van der Waals surface area contributed by atoms with E-state index in [9.17, 15) is 9.90 Å². The number of benzene rings is 2. The van der Waals surface area contributed by atoms with E-state index in [2.05, 4.69) is 61.4 Å². The van der Waals surface area contributed by atoms with Gasteiger partial charge in [-0.3, -0.25) is 19.7 Å². The van der Waals surface area contributed by atoms with E-state index in [0.717, 1.165) is 42.0 Å². The molecule has 0 amide bonds. The van der Waals surface area contributed by atoms with Crippen molar-refractivity contribution in [1.82, 2.24) is 9.88 Å². The molecule has 7 nitrogen and oxygen atoms in total. The molecule has 1 unspecified atom stereocenters. The standard InChI is InChI=1S/C24H27IN4O3/c1-16(15-32-2)28-9-11-29(12-10-28)19-6-4-18(5-7-19)26-14-22-21-13-17(25)3-8-20(21)23(30)27-24(22)31/h3-8,13-14,16H,9-12,15H2,1-2H3,(H2,27,30,31). The van der Waals surface area contributed by atoms with E-state index >= 15 is 0 Å². The van der Waals surface area contributed by atoms with Gasteiger partial charge in [0.25, 0.3) is 5.56 Å². The number of fused-ring (bicyclic) bond motifs is 1. The number of aromatic nitrogens is 1. The third kappa shape index (κ3) is 4.97. The van der Waals surface area contributed by atoms with Gasteiger partial charge in [0.2, 0.25) is 5.88 Å². The fourth-order valence-electron chi connectivity index (χ4n) is 4.09. The van der Waals surface area contributed by atoms with Crippen LogP contribution >= 0.6 is 22.6 Å². The number of nitrogens with zero attached hydrogens (tertiary/aromatic N) is 3. The van der Waals surface area contributed by atoms with Gasteiger partial charge in [0.05, 0.1) is 17.9 Å². The smallest absolute Gasteiger partial charge is 0.258 e. The van der Waals surface area contributed by atoms with E-state index in [1.807, 2.05) is 24.3 Å². The van der Waals surface area contributed by atoms with Crippen LogP contribution in [-0.2, 0) is 4.74 Å². The van der Waals surface area contributed by atoms with Crippen LogP contribution in [0, 0.1) is 3.57 Å². The van der Waals surface area contributed by atoms with Crippen LogP contribution in [0.15, 0.2) is 52.3 Å². The quantitative estimate of drug-likeness (QED) is 0.364. The average Bonchev–Trinajstić information content (AvgIpc) is 2.79. The van der Waals surface area contributed by atoms with Gasteiger partial charge in [-0.05, 0) is 72.0 Å². The molecule has 1 saturated heterocycles. The second-order valence-corrected chi connectivity index (χ2v) is 9.25. The van der Waals surface area contributed by atoms with Crippen molar-refractivity contribution in [2.75, 3.05) is 44.8 Å². The van der Waals surface area contributed by atoms with Gasteiger partial charge in [-0.25, -0.2) is 0 Å². The Morgan fingerprint density at radius 3 is 2.56 bits per heavy atom. The second kappa shape index (κ2) is 10.0. The van der Waals surface area contributed by atoms with Gasteiger partial charge >= 0.3 is 0 Å². The molecule has 3 aromatic rings. The number of piperazine rings is 1. The van der Waals surface area contributed by atoms with Crippen molar-refractivity contribution in [1.29, 1.82) is 0 Å². The minimum atomic E-state index is -0.313. The molecule has 1 aliphatic heterocycles. The number of aromatic amines is 1. The Bertz CT molecular complexity index is 1170. The summed E-state index contributed by atoms with van der Waals surface area (Å²) in [4.78, 5) is 24.0. The zero-order valence-corrected chi connectivity index (χ0v) is 20.4. The summed E-state index contributed by atoms with van der Waals surface area (Å²) >= 11 is 2.19. The second-order valence-electron chi connectivity index (χ2n) is 8.01. The molecule has 2 aromatic carbocycles. The molecule has 32 heavy (non-hydrogen) atoms. The van der Waals surface area contributed by atoms with E-state index in [-0.39, 0.29) is 11.4 Å². The zero-order valence-electron chi connectivity index (χ0n) is 18.2. The Kier molecular flexibility index (Phi) is 7.12. The van der Waals surface area contributed by atoms with Gasteiger partial charge in [-0.2, -0.15) is 0 Å². The van der Waals surface area contributed by atoms with Crippen molar-refractivity contribution in [3.8, 4) is 5.88 Å². The zero-order chi connectivity index (χ0) is 22.7. The maximum Gasteiger partial charge on any atom is 0.258 e. The van der Waals surface area contributed by atoms with Crippen LogP contribution in [0.1, 0.15) is 12.5 Å². The number of hydrogen-bond acceptors (Lipinski definition) is 6. The first-order chi connectivity index (χ1) is 15.5. The topological polar surface area (TPSA) is 81.2 Å². The molecular weight excluding hydrogens is 519 g/mol. The van der Waals surface area contributed by atoms with Crippen molar-refractivity contribution in [2.45, 2.75) is 13.0 Å². The van der Waals surface area contributed by atoms with Crippen LogP contribution in [0.2, 0.25) is 0 Å². The van der Waals surface area contributed by atoms with E-state index in [0.29, 0.717) is 22.4 Å². The Balaban J connectivity index is 1.48. The third-order valence-corrected chi connectivity index (χ3v) is 6.58. The molecule has 0 saturated carbocycles. The molecule has 168 valence electrons. The lowest BCUT2D eigenvalue weighted by atomic mass is 10.1. The minimum absolute atomic E-state index is 0.176. The normalized spacial score (nSPS) is 16.2. The average molecular weight is 546 g/mol. The number of methoxy groups -OCH3 is 1. The number of aliphatic imine (C=N–C) groups is 1. The molecule has 8 heteroatoms. The van der Waals surface area contributed by atoms with E-state index in [1.165, 1.54) is 5.69 Å². The Hall–Kier alpha value is -2.43. The predicted molar refractivity (Wildman–Crippen MR) is 138 cm³/mol. The van der Waals surface area contributed by atoms with Crippen molar-refractivity contribution in [3.05, 3.63) is 62.0 Å². The van der Waals surface area contributed by atoms with Gasteiger partial charge in [0, 0.05) is 65.6 Å². The lowest BCUT2D eigenvalue weighted by molar-refractivity contribution is 0.0953. The lowest BCUT2D eigenvalue weighted by Gasteiger charge is -2.39. The highest BCUT2D eigenvalue weighted by Crippen LogP contribution is 2.25. The summed E-state index contributed by atoms with van der Waals surface area (Å²) in [6, 6.07) is 14.0. The maximum absolute atomic E-state index is 12.1. The molecule has 0 bridgehead atoms. The van der Waals surface area contributed by atoms with Gasteiger partial charge in [0.1, 0.15) is 0 Å². The molecule has 1 fully saturated rings. The lowest BCUT2D eigenvalue weighted by Crippen LogP contribution is -2.50. The number of hydrogen-bond donors (Lipinski definition) is 2. The van der Waals surface area contributed by atoms with Crippen LogP contribution in [0.5, 0.6) is 5.88 Å². The van der Waals surface area contributed by atoms with Gasteiger partial charge in [-0.1, -0.05) is 0 Å². The van der Waals surface area contributed by atoms with E-state index in [4.69, 9.17) is 4.74 Å². The minimum Gasteiger partial charge on any atom is -0.494 e. The fraction of sp³-hybridized carbons (Fsp3) is 0.333. The summed E-state index contributed by atoms with van der Waals surface area (Å²) in [7, 11) is 1.75. The Morgan fingerprint density at radius 2 is 1.88 bits per heavy atom. The molecule has 2 heterocycles. The highest BCUT2D eigenvalue weighted by atomic mass is 127. The fourth-order valence-corrected chi connectivity index (χ4v) is 4.59. The summed E-state index contributed by atoms with van der Waals surface area (Å²) < 4.78 is 6.26. The summed E-state index contributed by atoms with van der Waals surface area (Å²) in [5.74, 6) is -0.176. The Morgan fingerprint density at radius 1 is 1.16 bits per heavy atom. The summed E-state index contributed by atoms with van der Waals surface area (Å²) in [6.45, 7) is 6.95. The summed E-state index contributed by atoms with van der Waals surface area (Å²) in [6.07, 6.45) is 1.61. The molecule has 1 atom stereocenters. The van der Waals surface area contributed by atoms with Crippen molar-refractivity contribution < 1.29 is 9.84 Å². The first-order valence-electron chi connectivity index (χ1n) is 10.6. The maximum atomic E-state index is 12.1. The van der Waals surface area contributed by atoms with E-state index in [1.54, 1.807) is 19.4 Å². The van der Waals surface area contributed by atoms with Crippen LogP contribution in [0.3, 0.4) is 0 Å². The number of pyridine rings is 1. The van der Waals surface area contributed by atoms with Crippen molar-refractivity contribution in [2.24, 2.45) is 4.99 Å². The highest BCUT2D eigenvalue weighted by molar-refractivity contribution is 14.1. The molecule has 0 aliphatic carbocycles. The van der Waals surface area contributed by atoms with Crippen molar-refractivity contribution >= 4 is 51.0 Å². The Labute approximate surface area is 200 Å². The molecule has 2 N–H and O–H groups in total. The largest absolute Gasteiger partial charge is 0.494 e. The van der Waals surface area contributed by atoms with Gasteiger partial charge < -0.3 is 14.7 Å². The number of rotatable bonds is 6. The molecule has 4 rings (SSSR count). The number of anilines is 1. The molecular formula is C24H27IN4O3. The summed E-state index contributed by atoms with van der Waals surface area (Å²) in [5, 5.41) is 11.5. The third-order valence-electron chi connectivity index (χ3n) is 5.91. The van der Waals surface area contributed by atoms with Gasteiger partial charge in [0.15, 0.2) is 0 Å². The van der Waals surface area contributed by atoms with Crippen LogP contribution < -0.4 is 10.5 Å². The number of H-pyrrole nitrogens is 1. The first-order valence-corrected chi connectivity index (χ1v) is 11.7. The van der Waals surface area contributed by atoms with Crippen molar-refractivity contribution in [3.63, 3.8) is 0 Å². The number of halogens is 1. The summed E-state index contributed by atoms with van der Waals surface area (Å²) in [5.41, 5.74) is 2.15. The monoisotopic (exact) mass is 546 g/mol. The first kappa shape index (κ1) is 22.8. The molecule has 0 radical (unpaired) electrons. The van der Waals surface area contributed by atoms with Crippen LogP contribution in [0.25, 0.3) is 10.8 Å². The predicted octanol–water partition coefficient (Wildman–Crippen LogP) is 3.75. The van der Waals surface area contributed by atoms with E-state index < -0.39 is 0 Å². The highest BCUT2D eigenvalue weighted by Gasteiger charge is 2.21. The number of ether oxygens (including phenoxy) is 1. The van der Waals surface area contributed by atoms with Gasteiger partial charge in [-0.15, -0.1) is 0 Å². The van der Waals surface area contributed by atoms with Crippen LogP contribution in [-0.4, -0.2) is 67.1 Å². The number of nitrogens with one attached hydrogen (secondary N) is 1. The molecule has 1 aliphatic rings. The number of aromatic hydroxyl groups is 1. The SMILES string of the molecule is COCC(C)N1CCN(c2ccc(N=Cc3c(O)[nH]c(=O)c4ccc(I)cc34)cc2)CC1. The molecule has 0 spiro atoms. The molecule has 1 aromatic heterocycles. The van der Waals surface area contributed by atoms with Crippen LogP contribution in [0.4, 0.5) is 11.4 Å².